The van der Waals surface area contributed by atoms with Crippen molar-refractivity contribution < 1.29 is 4.79 Å². The van der Waals surface area contributed by atoms with Crippen molar-refractivity contribution in [3.8, 4) is 11.1 Å². The minimum absolute atomic E-state index is 0.188. The van der Waals surface area contributed by atoms with Crippen LogP contribution in [0.5, 0.6) is 0 Å². The number of halogens is 1. The largest absolute Gasteiger partial charge is 0.294 e. The molecule has 0 aliphatic carbocycles. The second kappa shape index (κ2) is 4.19. The summed E-state index contributed by atoms with van der Waals surface area (Å²) in [5.74, 6) is 0.188. The third kappa shape index (κ3) is 2.19. The van der Waals surface area contributed by atoms with E-state index in [1.165, 1.54) is 0 Å². The van der Waals surface area contributed by atoms with Crippen LogP contribution in [-0.4, -0.2) is 16.3 Å². The van der Waals surface area contributed by atoms with E-state index in [9.17, 15) is 4.79 Å². The van der Waals surface area contributed by atoms with Gasteiger partial charge in [-0.15, -0.1) is 0 Å². The second-order valence-corrected chi connectivity index (χ2v) is 3.39. The molecule has 2 aromatic rings. The molecule has 2 rings (SSSR count). The van der Waals surface area contributed by atoms with E-state index in [0.29, 0.717) is 11.3 Å². The Morgan fingerprint density at radius 3 is 2.13 bits per heavy atom. The highest BCUT2D eigenvalue weighted by atomic mass is 35.5. The van der Waals surface area contributed by atoms with E-state index in [2.05, 4.69) is 9.97 Å². The number of nitrogens with zero attached hydrogens (tertiary/aromatic N) is 2. The average molecular weight is 219 g/mol. The van der Waals surface area contributed by atoms with Gasteiger partial charge in [0.2, 0.25) is 0 Å². The van der Waals surface area contributed by atoms with Gasteiger partial charge in [0.05, 0.1) is 0 Å². The topological polar surface area (TPSA) is 42.9 Å². The lowest BCUT2D eigenvalue weighted by Crippen LogP contribution is -1.91. The van der Waals surface area contributed by atoms with Crippen molar-refractivity contribution in [1.82, 2.24) is 9.97 Å². The van der Waals surface area contributed by atoms with Crippen LogP contribution in [0.2, 0.25) is 5.02 Å². The normalized spacial score (nSPS) is 9.93. The van der Waals surface area contributed by atoms with Gasteiger partial charge in [-0.05, 0) is 17.7 Å². The molecule has 15 heavy (non-hydrogen) atoms. The Bertz CT molecular complexity index is 465. The van der Waals surface area contributed by atoms with Crippen molar-refractivity contribution >= 4 is 17.9 Å². The van der Waals surface area contributed by atoms with Crippen molar-refractivity contribution in [2.45, 2.75) is 0 Å². The molecule has 1 heterocycles. The summed E-state index contributed by atoms with van der Waals surface area (Å²) in [4.78, 5) is 18.1. The molecule has 4 heteroatoms. The summed E-state index contributed by atoms with van der Waals surface area (Å²) in [6.07, 6.45) is 3.84. The Balaban J connectivity index is 2.37. The van der Waals surface area contributed by atoms with Crippen molar-refractivity contribution in [3.63, 3.8) is 0 Å². The molecule has 0 amide bonds. The summed E-state index contributed by atoms with van der Waals surface area (Å²) in [5.41, 5.74) is 1.83. The fourth-order valence-corrected chi connectivity index (χ4v) is 1.32. The number of rotatable bonds is 2. The zero-order valence-electron chi connectivity index (χ0n) is 7.72. The molecule has 0 aliphatic heterocycles. The van der Waals surface area contributed by atoms with Gasteiger partial charge >= 0.3 is 0 Å². The molecule has 1 aromatic carbocycles. The quantitative estimate of drug-likeness (QED) is 0.728. The van der Waals surface area contributed by atoms with Crippen molar-refractivity contribution in [2.75, 3.05) is 0 Å². The van der Waals surface area contributed by atoms with E-state index >= 15 is 0 Å². The zero-order valence-corrected chi connectivity index (χ0v) is 8.48. The first-order valence-electron chi connectivity index (χ1n) is 4.33. The lowest BCUT2D eigenvalue weighted by Gasteiger charge is -2.00. The Morgan fingerprint density at radius 2 is 1.60 bits per heavy atom. The van der Waals surface area contributed by atoms with Gasteiger partial charge in [-0.1, -0.05) is 23.7 Å². The van der Waals surface area contributed by atoms with Crippen LogP contribution in [0.3, 0.4) is 0 Å². The molecular formula is C11H7ClN2O. The number of benzene rings is 1. The van der Waals surface area contributed by atoms with Gasteiger partial charge in [-0.3, -0.25) is 4.79 Å². The minimum atomic E-state index is 0.188. The second-order valence-electron chi connectivity index (χ2n) is 2.95. The number of carbonyl (C=O) groups excluding carboxylic acids is 1. The van der Waals surface area contributed by atoms with Crippen molar-refractivity contribution in [3.05, 3.63) is 47.5 Å². The minimum Gasteiger partial charge on any atom is -0.294 e. The number of hydrogen-bond acceptors (Lipinski definition) is 3. The van der Waals surface area contributed by atoms with Crippen LogP contribution in [0.25, 0.3) is 11.1 Å². The van der Waals surface area contributed by atoms with Crippen LogP contribution in [0, 0.1) is 0 Å². The standard InChI is InChI=1S/C11H7ClN2O/c12-10-3-1-8(2-4-10)9-5-13-11(7-15)14-6-9/h1-7H. The smallest absolute Gasteiger partial charge is 0.192 e. The Hall–Kier alpha value is -1.74. The molecule has 0 radical (unpaired) electrons. The molecule has 0 saturated carbocycles. The highest BCUT2D eigenvalue weighted by Crippen LogP contribution is 2.19. The third-order valence-electron chi connectivity index (χ3n) is 1.95. The van der Waals surface area contributed by atoms with Crippen LogP contribution in [0.15, 0.2) is 36.7 Å². The Kier molecular flexibility index (Phi) is 2.74. The first-order chi connectivity index (χ1) is 7.29. The Labute approximate surface area is 91.8 Å². The number of aldehydes is 1. The summed E-state index contributed by atoms with van der Waals surface area (Å²) in [6.45, 7) is 0. The fourth-order valence-electron chi connectivity index (χ4n) is 1.19. The van der Waals surface area contributed by atoms with Gasteiger partial charge in [0.15, 0.2) is 12.1 Å². The molecule has 0 spiro atoms. The highest BCUT2D eigenvalue weighted by Gasteiger charge is 1.99. The molecule has 3 nitrogen and oxygen atoms in total. The average Bonchev–Trinajstić information content (AvgIpc) is 2.30. The van der Waals surface area contributed by atoms with Gasteiger partial charge in [0.25, 0.3) is 0 Å². The summed E-state index contributed by atoms with van der Waals surface area (Å²) in [5, 5.41) is 0.684. The Morgan fingerprint density at radius 1 is 1.00 bits per heavy atom. The molecule has 74 valence electrons. The summed E-state index contributed by atoms with van der Waals surface area (Å²) >= 11 is 5.77. The maximum absolute atomic E-state index is 10.4. The van der Waals surface area contributed by atoms with Crippen molar-refractivity contribution in [2.24, 2.45) is 0 Å². The number of hydrogen-bond donors (Lipinski definition) is 0. The van der Waals surface area contributed by atoms with E-state index in [4.69, 9.17) is 11.6 Å². The monoisotopic (exact) mass is 218 g/mol. The predicted octanol–water partition coefficient (Wildman–Crippen LogP) is 2.61. The fraction of sp³-hybridized carbons (Fsp3) is 0. The van der Waals surface area contributed by atoms with Gasteiger partial charge in [0, 0.05) is 23.0 Å². The van der Waals surface area contributed by atoms with Crippen LogP contribution in [0.1, 0.15) is 10.6 Å². The highest BCUT2D eigenvalue weighted by molar-refractivity contribution is 6.30. The lowest BCUT2D eigenvalue weighted by atomic mass is 10.1. The summed E-state index contributed by atoms with van der Waals surface area (Å²) in [7, 11) is 0. The van der Waals surface area contributed by atoms with Gasteiger partial charge in [-0.25, -0.2) is 9.97 Å². The first-order valence-corrected chi connectivity index (χ1v) is 4.70. The SMILES string of the molecule is O=Cc1ncc(-c2ccc(Cl)cc2)cn1. The van der Waals surface area contributed by atoms with Gasteiger partial charge < -0.3 is 0 Å². The van der Waals surface area contributed by atoms with Gasteiger partial charge in [-0.2, -0.15) is 0 Å². The van der Waals surface area contributed by atoms with Crippen LogP contribution in [0.4, 0.5) is 0 Å². The molecule has 0 N–H and O–H groups in total. The molecule has 0 aliphatic rings. The van der Waals surface area contributed by atoms with Crippen LogP contribution >= 0.6 is 11.6 Å². The number of aromatic nitrogens is 2. The maximum Gasteiger partial charge on any atom is 0.192 e. The first kappa shape index (κ1) is 9.80. The van der Waals surface area contributed by atoms with Crippen molar-refractivity contribution in [1.29, 1.82) is 0 Å². The van der Waals surface area contributed by atoms with Crippen LogP contribution in [-0.2, 0) is 0 Å². The molecule has 1 aromatic heterocycles. The van der Waals surface area contributed by atoms with E-state index < -0.39 is 0 Å². The molecule has 0 bridgehead atoms. The molecule has 0 saturated heterocycles. The summed E-state index contributed by atoms with van der Waals surface area (Å²) < 4.78 is 0. The molecule has 0 fully saturated rings. The van der Waals surface area contributed by atoms with Gasteiger partial charge in [0.1, 0.15) is 0 Å². The van der Waals surface area contributed by atoms with E-state index in [1.54, 1.807) is 24.5 Å². The number of carbonyl (C=O) groups is 1. The van der Waals surface area contributed by atoms with E-state index in [0.717, 1.165) is 11.1 Å². The van der Waals surface area contributed by atoms with Crippen LogP contribution < -0.4 is 0 Å². The van der Waals surface area contributed by atoms with E-state index in [1.807, 2.05) is 12.1 Å². The predicted molar refractivity (Wildman–Crippen MR) is 57.9 cm³/mol. The molecule has 0 atom stereocenters. The summed E-state index contributed by atoms with van der Waals surface area (Å²) in [6, 6.07) is 7.35. The molecular weight excluding hydrogens is 212 g/mol. The molecule has 0 unspecified atom stereocenters. The third-order valence-corrected chi connectivity index (χ3v) is 2.21. The lowest BCUT2D eigenvalue weighted by molar-refractivity contribution is 0.111. The zero-order chi connectivity index (χ0) is 10.7. The van der Waals surface area contributed by atoms with E-state index in [-0.39, 0.29) is 5.82 Å². The maximum atomic E-state index is 10.4.